The molecule has 0 saturated carbocycles. The smallest absolute Gasteiger partial charge is 0.0702 e. The molecule has 6 rings (SSSR count). The highest BCUT2D eigenvalue weighted by Crippen LogP contribution is 2.19. The van der Waals surface area contributed by atoms with E-state index < -0.39 is 0 Å². The topological polar surface area (TPSA) is 38.7 Å². The quantitative estimate of drug-likeness (QED) is 0.197. The molecule has 0 aliphatic heterocycles. The summed E-state index contributed by atoms with van der Waals surface area (Å²) in [6.07, 6.45) is 5.42. The average Bonchev–Trinajstić information content (AvgIpc) is 3.00. The van der Waals surface area contributed by atoms with Gasteiger partial charge in [-0.15, -0.1) is 0 Å². The van der Waals surface area contributed by atoms with E-state index in [0.29, 0.717) is 0 Å². The van der Waals surface area contributed by atoms with Gasteiger partial charge in [0.25, 0.3) is 0 Å². The van der Waals surface area contributed by atoms with Gasteiger partial charge in [-0.2, -0.15) is 0 Å². The van der Waals surface area contributed by atoms with E-state index >= 15 is 0 Å². The van der Waals surface area contributed by atoms with E-state index in [1.54, 1.807) is 0 Å². The van der Waals surface area contributed by atoms with Crippen LogP contribution in [0, 0.1) is 0 Å². The van der Waals surface area contributed by atoms with E-state index in [9.17, 15) is 0 Å². The Balaban J connectivity index is 0.000000133. The van der Waals surface area contributed by atoms with Crippen LogP contribution in [0.3, 0.4) is 0 Å². The largest absolute Gasteiger partial charge is 0.256 e. The van der Waals surface area contributed by atoms with Gasteiger partial charge in [-0.3, -0.25) is 15.0 Å². The molecule has 0 N–H and O–H groups in total. The van der Waals surface area contributed by atoms with Crippen LogP contribution in [-0.2, 0) is 0 Å². The fraction of sp³-hybridized carbons (Fsp3) is 0. The van der Waals surface area contributed by atoms with Gasteiger partial charge in [0, 0.05) is 44.2 Å². The Labute approximate surface area is 240 Å². The second-order valence-electron chi connectivity index (χ2n) is 8.04. The van der Waals surface area contributed by atoms with Gasteiger partial charge >= 0.3 is 0 Å². The summed E-state index contributed by atoms with van der Waals surface area (Å²) in [5, 5.41) is 0. The number of nitrogens with zero attached hydrogens (tertiary/aromatic N) is 3. The molecular formula is C33H25Br2N3. The maximum absolute atomic E-state index is 4.30. The summed E-state index contributed by atoms with van der Waals surface area (Å²) in [7, 11) is 0. The third-order valence-corrected chi connectivity index (χ3v) is 6.27. The van der Waals surface area contributed by atoms with Crippen molar-refractivity contribution in [2.24, 2.45) is 0 Å². The Morgan fingerprint density at radius 3 is 1.03 bits per heavy atom. The van der Waals surface area contributed by atoms with E-state index in [2.05, 4.69) is 83.2 Å². The van der Waals surface area contributed by atoms with Crippen molar-refractivity contribution in [1.29, 1.82) is 0 Å². The fourth-order valence-electron chi connectivity index (χ4n) is 3.45. The molecule has 6 aromatic rings. The van der Waals surface area contributed by atoms with Crippen LogP contribution in [-0.4, -0.2) is 15.0 Å². The lowest BCUT2D eigenvalue weighted by atomic mass is 10.1. The van der Waals surface area contributed by atoms with Crippen LogP contribution in [0.5, 0.6) is 0 Å². The van der Waals surface area contributed by atoms with Crippen LogP contribution >= 0.6 is 31.9 Å². The molecule has 0 atom stereocenters. The summed E-state index contributed by atoms with van der Waals surface area (Å²) < 4.78 is 2.01. The molecule has 38 heavy (non-hydrogen) atoms. The molecule has 0 saturated heterocycles. The minimum Gasteiger partial charge on any atom is -0.256 e. The maximum Gasteiger partial charge on any atom is 0.0702 e. The number of pyridine rings is 3. The zero-order valence-electron chi connectivity index (χ0n) is 20.5. The van der Waals surface area contributed by atoms with Gasteiger partial charge in [0.15, 0.2) is 0 Å². The van der Waals surface area contributed by atoms with Crippen molar-refractivity contribution in [3.05, 3.63) is 161 Å². The van der Waals surface area contributed by atoms with Gasteiger partial charge in [-0.25, -0.2) is 0 Å². The van der Waals surface area contributed by atoms with Crippen LogP contribution < -0.4 is 0 Å². The van der Waals surface area contributed by atoms with Crippen molar-refractivity contribution in [3.63, 3.8) is 0 Å². The zero-order valence-corrected chi connectivity index (χ0v) is 23.7. The number of hydrogen-bond acceptors (Lipinski definition) is 3. The van der Waals surface area contributed by atoms with Gasteiger partial charge in [0.2, 0.25) is 0 Å². The molecule has 0 spiro atoms. The van der Waals surface area contributed by atoms with Gasteiger partial charge < -0.3 is 0 Å². The highest BCUT2D eigenvalue weighted by Gasteiger charge is 1.97. The Kier molecular flexibility index (Phi) is 10.5. The molecule has 0 radical (unpaired) electrons. The van der Waals surface area contributed by atoms with Crippen LogP contribution in [0.15, 0.2) is 161 Å². The van der Waals surface area contributed by atoms with Crippen molar-refractivity contribution < 1.29 is 0 Å². The first kappa shape index (κ1) is 27.1. The van der Waals surface area contributed by atoms with E-state index in [4.69, 9.17) is 0 Å². The molecule has 0 aliphatic carbocycles. The molecule has 0 unspecified atom stereocenters. The molecule has 5 heteroatoms. The summed E-state index contributed by atoms with van der Waals surface area (Å²) in [5.74, 6) is 0. The van der Waals surface area contributed by atoms with Crippen LogP contribution in [0.2, 0.25) is 0 Å². The van der Waals surface area contributed by atoms with Crippen molar-refractivity contribution in [2.45, 2.75) is 0 Å². The highest BCUT2D eigenvalue weighted by atomic mass is 79.9. The first-order chi connectivity index (χ1) is 18.7. The Morgan fingerprint density at radius 2 is 0.711 bits per heavy atom. The summed E-state index contributed by atoms with van der Waals surface area (Å²) in [5.41, 5.74) is 6.49. The van der Waals surface area contributed by atoms with E-state index in [1.165, 1.54) is 0 Å². The van der Waals surface area contributed by atoms with Crippen LogP contribution in [0.25, 0.3) is 33.8 Å². The number of halogens is 2. The fourth-order valence-corrected chi connectivity index (χ4v) is 3.92. The highest BCUT2D eigenvalue weighted by molar-refractivity contribution is 9.10. The van der Waals surface area contributed by atoms with Gasteiger partial charge in [0.1, 0.15) is 0 Å². The standard InChI is InChI=1S/2C11H8BrN.C11H9N/c2*12-10-6-7-11(13-8-10)9-4-2-1-3-5-9;1-2-6-10(7-3-1)11-8-4-5-9-12-11/h2*1-8H;1-9H. The molecule has 0 amide bonds. The molecule has 0 bridgehead atoms. The van der Waals surface area contributed by atoms with Crippen molar-refractivity contribution >= 4 is 31.9 Å². The SMILES string of the molecule is Brc1ccc(-c2ccccc2)nc1.Brc1ccc(-c2ccccc2)nc1.c1ccc(-c2ccccn2)cc1. The molecule has 3 heterocycles. The van der Waals surface area contributed by atoms with Crippen molar-refractivity contribution in [1.82, 2.24) is 15.0 Å². The molecule has 0 fully saturated rings. The second kappa shape index (κ2) is 14.7. The van der Waals surface area contributed by atoms with Gasteiger partial charge in [-0.1, -0.05) is 97.1 Å². The Morgan fingerprint density at radius 1 is 0.342 bits per heavy atom. The number of hydrogen-bond donors (Lipinski definition) is 0. The van der Waals surface area contributed by atoms with Gasteiger partial charge in [-0.05, 0) is 68.3 Å². The lowest BCUT2D eigenvalue weighted by molar-refractivity contribution is 1.31. The van der Waals surface area contributed by atoms with Crippen LogP contribution in [0.4, 0.5) is 0 Å². The minimum absolute atomic E-state index is 1.00. The molecule has 0 aliphatic rings. The van der Waals surface area contributed by atoms with Gasteiger partial charge in [0.05, 0.1) is 17.1 Å². The molecule has 3 nitrogen and oxygen atoms in total. The lowest BCUT2D eigenvalue weighted by Crippen LogP contribution is -1.81. The molecule has 3 aromatic heterocycles. The first-order valence-corrected chi connectivity index (χ1v) is 13.6. The summed E-state index contributed by atoms with van der Waals surface area (Å²) >= 11 is 6.71. The summed E-state index contributed by atoms with van der Waals surface area (Å²) in [4.78, 5) is 12.9. The maximum atomic E-state index is 4.30. The van der Waals surface area contributed by atoms with Crippen molar-refractivity contribution in [2.75, 3.05) is 0 Å². The number of benzene rings is 3. The van der Waals surface area contributed by atoms with E-state index in [-0.39, 0.29) is 0 Å². The summed E-state index contributed by atoms with van der Waals surface area (Å²) in [6, 6.07) is 44.3. The number of aromatic nitrogens is 3. The number of rotatable bonds is 3. The average molecular weight is 623 g/mol. The second-order valence-corrected chi connectivity index (χ2v) is 9.87. The predicted molar refractivity (Wildman–Crippen MR) is 164 cm³/mol. The zero-order chi connectivity index (χ0) is 26.4. The predicted octanol–water partition coefficient (Wildman–Crippen LogP) is 9.77. The summed E-state index contributed by atoms with van der Waals surface area (Å²) in [6.45, 7) is 0. The third-order valence-electron chi connectivity index (χ3n) is 5.33. The minimum atomic E-state index is 1.00. The molecule has 186 valence electrons. The van der Waals surface area contributed by atoms with Crippen LogP contribution in [0.1, 0.15) is 0 Å². The monoisotopic (exact) mass is 621 g/mol. The van der Waals surface area contributed by atoms with E-state index in [0.717, 1.165) is 42.7 Å². The Bertz CT molecular complexity index is 1360. The lowest BCUT2D eigenvalue weighted by Gasteiger charge is -1.99. The Hall–Kier alpha value is -3.93. The third kappa shape index (κ3) is 8.58. The van der Waals surface area contributed by atoms with Crippen molar-refractivity contribution in [3.8, 4) is 33.8 Å². The normalized spacial score (nSPS) is 9.84. The first-order valence-electron chi connectivity index (χ1n) is 12.0. The van der Waals surface area contributed by atoms with E-state index in [1.807, 2.05) is 116 Å². The molecular weight excluding hydrogens is 598 g/mol. The molecule has 3 aromatic carbocycles.